The third-order valence-corrected chi connectivity index (χ3v) is 5.56. The van der Waals surface area contributed by atoms with E-state index >= 15 is 0 Å². The van der Waals surface area contributed by atoms with E-state index in [1.54, 1.807) is 12.4 Å². The third-order valence-electron chi connectivity index (χ3n) is 5.56. The van der Waals surface area contributed by atoms with Gasteiger partial charge in [0.1, 0.15) is 11.4 Å². The highest BCUT2D eigenvalue weighted by Gasteiger charge is 2.40. The average molecular weight is 346 g/mol. The van der Waals surface area contributed by atoms with Crippen molar-refractivity contribution < 1.29 is 0 Å². The molecule has 1 N–H and O–H groups in total. The summed E-state index contributed by atoms with van der Waals surface area (Å²) in [6, 6.07) is 1.85. The lowest BCUT2D eigenvalue weighted by molar-refractivity contribution is 0.374. The molecule has 2 aliphatic heterocycles. The van der Waals surface area contributed by atoms with Crippen LogP contribution in [0.15, 0.2) is 71.2 Å². The van der Waals surface area contributed by atoms with Crippen LogP contribution in [0.5, 0.6) is 0 Å². The Labute approximate surface area is 153 Å². The fourth-order valence-electron chi connectivity index (χ4n) is 4.13. The van der Waals surface area contributed by atoms with Gasteiger partial charge in [-0.3, -0.25) is 5.43 Å². The molecule has 0 saturated carbocycles. The third kappa shape index (κ3) is 2.44. The Balaban J connectivity index is 1.32. The van der Waals surface area contributed by atoms with E-state index in [1.807, 2.05) is 6.07 Å². The van der Waals surface area contributed by atoms with E-state index in [0.29, 0.717) is 0 Å². The Morgan fingerprint density at radius 3 is 2.65 bits per heavy atom. The molecule has 1 aromatic heterocycles. The van der Waals surface area contributed by atoms with Crippen LogP contribution in [0, 0.1) is 0 Å². The number of anilines is 1. The highest BCUT2D eigenvalue weighted by atomic mass is 15.4. The van der Waals surface area contributed by atoms with Crippen LogP contribution in [0.25, 0.3) is 0 Å². The Bertz CT molecular complexity index is 842. The summed E-state index contributed by atoms with van der Waals surface area (Å²) in [6.45, 7) is 3.66. The van der Waals surface area contributed by atoms with E-state index in [4.69, 9.17) is 5.10 Å². The number of nitrogens with one attached hydrogen (secondary N) is 1. The molecule has 1 unspecified atom stereocenters. The predicted molar refractivity (Wildman–Crippen MR) is 103 cm³/mol. The topological polar surface area (TPSA) is 56.7 Å². The van der Waals surface area contributed by atoms with Gasteiger partial charge in [-0.2, -0.15) is 5.10 Å². The molecule has 5 rings (SSSR count). The monoisotopic (exact) mass is 346 g/mol. The molecule has 6 heteroatoms. The number of hydrogen-bond donors (Lipinski definition) is 1. The van der Waals surface area contributed by atoms with E-state index in [0.717, 1.165) is 50.8 Å². The number of aromatic nitrogens is 2. The molecule has 0 radical (unpaired) electrons. The van der Waals surface area contributed by atoms with Crippen LogP contribution in [0.4, 0.5) is 5.95 Å². The quantitative estimate of drug-likeness (QED) is 0.843. The second-order valence-electron chi connectivity index (χ2n) is 7.00. The number of amidine groups is 1. The van der Waals surface area contributed by atoms with Gasteiger partial charge in [-0.15, -0.1) is 0 Å². The Morgan fingerprint density at radius 1 is 1.00 bits per heavy atom. The maximum absolute atomic E-state index is 4.75. The van der Waals surface area contributed by atoms with E-state index in [2.05, 4.69) is 61.6 Å². The first-order chi connectivity index (χ1) is 12.9. The van der Waals surface area contributed by atoms with Crippen LogP contribution < -0.4 is 10.3 Å². The van der Waals surface area contributed by atoms with Crippen LogP contribution in [-0.2, 0) is 0 Å². The molecule has 1 fully saturated rings. The first kappa shape index (κ1) is 15.4. The molecule has 132 valence electrons. The van der Waals surface area contributed by atoms with Crippen LogP contribution >= 0.6 is 0 Å². The Hall–Kier alpha value is -2.89. The van der Waals surface area contributed by atoms with Gasteiger partial charge in [0.15, 0.2) is 0 Å². The minimum absolute atomic E-state index is 0.226. The van der Waals surface area contributed by atoms with Gasteiger partial charge in [-0.05, 0) is 42.2 Å². The summed E-state index contributed by atoms with van der Waals surface area (Å²) in [7, 11) is 0. The first-order valence-corrected chi connectivity index (χ1v) is 9.24. The van der Waals surface area contributed by atoms with E-state index in [9.17, 15) is 0 Å². The number of rotatable bonds is 1. The molecule has 1 spiro atoms. The van der Waals surface area contributed by atoms with Crippen molar-refractivity contribution in [3.8, 4) is 0 Å². The smallest absolute Gasteiger partial charge is 0.225 e. The zero-order valence-corrected chi connectivity index (χ0v) is 14.7. The highest BCUT2D eigenvalue weighted by molar-refractivity contribution is 5.95. The molecule has 0 bridgehead atoms. The van der Waals surface area contributed by atoms with Gasteiger partial charge in [0.25, 0.3) is 0 Å². The summed E-state index contributed by atoms with van der Waals surface area (Å²) in [5.74, 6) is 1.86. The Morgan fingerprint density at radius 2 is 1.81 bits per heavy atom. The largest absolute Gasteiger partial charge is 0.352 e. The summed E-state index contributed by atoms with van der Waals surface area (Å²) in [6.07, 6.45) is 19.0. The molecular weight excluding hydrogens is 324 g/mol. The summed E-state index contributed by atoms with van der Waals surface area (Å²) in [4.78, 5) is 13.3. The molecule has 0 amide bonds. The molecular formula is C20H22N6. The lowest BCUT2D eigenvalue weighted by atomic mass is 9.73. The van der Waals surface area contributed by atoms with E-state index < -0.39 is 0 Å². The van der Waals surface area contributed by atoms with Gasteiger partial charge in [0, 0.05) is 38.6 Å². The fourth-order valence-corrected chi connectivity index (χ4v) is 4.13. The van der Waals surface area contributed by atoms with Crippen molar-refractivity contribution in [3.63, 3.8) is 0 Å². The molecule has 26 heavy (non-hydrogen) atoms. The van der Waals surface area contributed by atoms with Crippen LogP contribution in [0.3, 0.4) is 0 Å². The van der Waals surface area contributed by atoms with Crippen molar-refractivity contribution in [2.24, 2.45) is 5.10 Å². The molecule has 0 aromatic carbocycles. The maximum atomic E-state index is 4.75. The average Bonchev–Trinajstić information content (AvgIpc) is 2.73. The number of piperazine rings is 1. The van der Waals surface area contributed by atoms with Crippen molar-refractivity contribution in [3.05, 3.63) is 66.1 Å². The van der Waals surface area contributed by atoms with E-state index in [-0.39, 0.29) is 5.54 Å². The van der Waals surface area contributed by atoms with Gasteiger partial charge >= 0.3 is 0 Å². The molecule has 1 atom stereocenters. The summed E-state index contributed by atoms with van der Waals surface area (Å²) < 4.78 is 0. The lowest BCUT2D eigenvalue weighted by Crippen LogP contribution is -2.53. The highest BCUT2D eigenvalue weighted by Crippen LogP contribution is 2.39. The first-order valence-electron chi connectivity index (χ1n) is 9.24. The van der Waals surface area contributed by atoms with Crippen LogP contribution in [0.2, 0.25) is 0 Å². The summed E-state index contributed by atoms with van der Waals surface area (Å²) in [5, 5.41) is 4.75. The van der Waals surface area contributed by atoms with Crippen molar-refractivity contribution in [1.29, 1.82) is 0 Å². The second kappa shape index (κ2) is 6.12. The summed E-state index contributed by atoms with van der Waals surface area (Å²) in [5.41, 5.74) is 5.96. The molecule has 1 saturated heterocycles. The molecule has 4 aliphatic rings. The standard InChI is InChI=1S/C20H22N6/c1-2-8-20-16(5-1)6-3-7-17(20)15-18(23-24-20)25-11-13-26(14-12-25)19-21-9-4-10-22-19/h1-2,4-6,8-10,15,24H,3,7,11-14H2. The molecule has 1 aromatic rings. The van der Waals surface area contributed by atoms with Crippen molar-refractivity contribution in [1.82, 2.24) is 20.3 Å². The minimum atomic E-state index is -0.226. The van der Waals surface area contributed by atoms with Crippen molar-refractivity contribution in [2.45, 2.75) is 18.4 Å². The normalized spacial score (nSPS) is 27.0. The molecule has 3 heterocycles. The number of hydrogen-bond acceptors (Lipinski definition) is 6. The zero-order chi connectivity index (χ0) is 17.4. The number of nitrogens with zero attached hydrogens (tertiary/aromatic N) is 5. The van der Waals surface area contributed by atoms with Crippen molar-refractivity contribution >= 4 is 11.8 Å². The SMILES string of the molecule is C1=CC2=CCCC3=CC(N4CCN(c5ncccn5)CC4)=NNC23C=C1. The van der Waals surface area contributed by atoms with Gasteiger partial charge in [-0.1, -0.05) is 24.3 Å². The predicted octanol–water partition coefficient (Wildman–Crippen LogP) is 2.03. The maximum Gasteiger partial charge on any atom is 0.225 e. The Kier molecular flexibility index (Phi) is 3.62. The molecule has 2 aliphatic carbocycles. The second-order valence-corrected chi connectivity index (χ2v) is 7.00. The minimum Gasteiger partial charge on any atom is -0.352 e. The van der Waals surface area contributed by atoms with Gasteiger partial charge in [-0.25, -0.2) is 9.97 Å². The zero-order valence-electron chi connectivity index (χ0n) is 14.7. The van der Waals surface area contributed by atoms with Crippen LogP contribution in [0.1, 0.15) is 12.8 Å². The van der Waals surface area contributed by atoms with Gasteiger partial charge < -0.3 is 9.80 Å². The number of allylic oxidation sites excluding steroid dienone is 3. The van der Waals surface area contributed by atoms with Gasteiger partial charge in [0.2, 0.25) is 5.95 Å². The fraction of sp³-hybridized carbons (Fsp3) is 0.350. The molecule has 6 nitrogen and oxygen atoms in total. The van der Waals surface area contributed by atoms with Crippen molar-refractivity contribution in [2.75, 3.05) is 31.1 Å². The lowest BCUT2D eigenvalue weighted by Gasteiger charge is -2.43. The summed E-state index contributed by atoms with van der Waals surface area (Å²) >= 11 is 0. The van der Waals surface area contributed by atoms with Gasteiger partial charge in [0.05, 0.1) is 0 Å². The van der Waals surface area contributed by atoms with Crippen LogP contribution in [-0.4, -0.2) is 52.4 Å². The van der Waals surface area contributed by atoms with E-state index in [1.165, 1.54) is 11.1 Å². The number of hydrazone groups is 1.